The Hall–Kier alpha value is -3.51. The first-order valence-electron chi connectivity index (χ1n) is 10.2. The van der Waals surface area contributed by atoms with E-state index in [4.69, 9.17) is 24.1 Å². The molecule has 1 atom stereocenters. The van der Waals surface area contributed by atoms with Gasteiger partial charge in [-0.3, -0.25) is 0 Å². The van der Waals surface area contributed by atoms with Gasteiger partial charge in [0.25, 0.3) is 0 Å². The zero-order valence-corrected chi connectivity index (χ0v) is 17.4. The SMILES string of the molecule is CCO[C@@H](Cc1ccc(OCCOc2ccc(Oc3ccccc3)cc2)cc1)C(=O)O. The number of benzene rings is 3. The van der Waals surface area contributed by atoms with Gasteiger partial charge in [-0.2, -0.15) is 0 Å². The van der Waals surface area contributed by atoms with Gasteiger partial charge in [0.05, 0.1) is 0 Å². The van der Waals surface area contributed by atoms with Crippen LogP contribution in [0.2, 0.25) is 0 Å². The highest BCUT2D eigenvalue weighted by Gasteiger charge is 2.17. The van der Waals surface area contributed by atoms with Gasteiger partial charge < -0.3 is 24.1 Å². The number of ether oxygens (including phenoxy) is 4. The molecule has 0 aromatic heterocycles. The molecule has 0 aliphatic rings. The highest BCUT2D eigenvalue weighted by atomic mass is 16.5. The summed E-state index contributed by atoms with van der Waals surface area (Å²) in [6.07, 6.45) is -0.522. The van der Waals surface area contributed by atoms with Gasteiger partial charge >= 0.3 is 5.97 Å². The van der Waals surface area contributed by atoms with Crippen molar-refractivity contribution >= 4 is 5.97 Å². The summed E-state index contributed by atoms with van der Waals surface area (Å²) in [5.41, 5.74) is 0.877. The average molecular weight is 422 g/mol. The van der Waals surface area contributed by atoms with Crippen molar-refractivity contribution in [1.82, 2.24) is 0 Å². The fraction of sp³-hybridized carbons (Fsp3) is 0.240. The maximum absolute atomic E-state index is 11.2. The monoisotopic (exact) mass is 422 g/mol. The number of carbonyl (C=O) groups is 1. The third-order valence-electron chi connectivity index (χ3n) is 4.41. The zero-order valence-electron chi connectivity index (χ0n) is 17.4. The molecule has 6 heteroatoms. The lowest BCUT2D eigenvalue weighted by Crippen LogP contribution is -2.26. The van der Waals surface area contributed by atoms with E-state index in [9.17, 15) is 4.79 Å². The highest BCUT2D eigenvalue weighted by molar-refractivity contribution is 5.72. The van der Waals surface area contributed by atoms with Crippen LogP contribution in [-0.4, -0.2) is 37.0 Å². The third kappa shape index (κ3) is 7.35. The van der Waals surface area contributed by atoms with Crippen molar-refractivity contribution in [1.29, 1.82) is 0 Å². The Labute approximate surface area is 182 Å². The van der Waals surface area contributed by atoms with Gasteiger partial charge in [-0.1, -0.05) is 30.3 Å². The molecule has 0 amide bonds. The third-order valence-corrected chi connectivity index (χ3v) is 4.41. The lowest BCUT2D eigenvalue weighted by molar-refractivity contribution is -0.149. The first-order valence-corrected chi connectivity index (χ1v) is 10.2. The molecule has 3 aromatic carbocycles. The Morgan fingerprint density at radius 1 is 0.774 bits per heavy atom. The summed E-state index contributed by atoms with van der Waals surface area (Å²) in [5.74, 6) is 1.99. The van der Waals surface area contributed by atoms with Crippen LogP contribution in [0.15, 0.2) is 78.9 Å². The molecule has 3 aromatic rings. The van der Waals surface area contributed by atoms with Crippen LogP contribution in [-0.2, 0) is 16.0 Å². The predicted molar refractivity (Wildman–Crippen MR) is 117 cm³/mol. The molecule has 0 spiro atoms. The van der Waals surface area contributed by atoms with Crippen molar-refractivity contribution in [2.24, 2.45) is 0 Å². The van der Waals surface area contributed by atoms with E-state index < -0.39 is 12.1 Å². The second-order valence-electron chi connectivity index (χ2n) is 6.71. The number of hydrogen-bond acceptors (Lipinski definition) is 5. The van der Waals surface area contributed by atoms with Gasteiger partial charge in [-0.05, 0) is 61.0 Å². The maximum Gasteiger partial charge on any atom is 0.333 e. The number of para-hydroxylation sites is 1. The number of aliphatic carboxylic acids is 1. The van der Waals surface area contributed by atoms with Crippen molar-refractivity contribution in [3.63, 3.8) is 0 Å². The zero-order chi connectivity index (χ0) is 21.9. The Bertz CT molecular complexity index is 922. The maximum atomic E-state index is 11.2. The minimum atomic E-state index is -0.959. The van der Waals surface area contributed by atoms with Gasteiger partial charge in [-0.15, -0.1) is 0 Å². The van der Waals surface area contributed by atoms with E-state index in [1.54, 1.807) is 6.92 Å². The summed E-state index contributed by atoms with van der Waals surface area (Å²) < 4.78 is 22.4. The van der Waals surface area contributed by atoms with E-state index in [0.29, 0.717) is 32.0 Å². The molecule has 0 aliphatic heterocycles. The van der Waals surface area contributed by atoms with Crippen LogP contribution in [0.3, 0.4) is 0 Å². The standard InChI is InChI=1S/C25H26O6/c1-2-28-24(25(26)27)18-19-8-10-20(11-9-19)29-16-17-30-21-12-14-23(15-13-21)31-22-6-4-3-5-7-22/h3-15,24H,2,16-18H2,1H3,(H,26,27)/t24-/m0/s1. The van der Waals surface area contributed by atoms with Crippen molar-refractivity contribution in [2.75, 3.05) is 19.8 Å². The molecule has 0 radical (unpaired) electrons. The molecule has 1 N–H and O–H groups in total. The predicted octanol–water partition coefficient (Wildman–Crippen LogP) is 4.97. The van der Waals surface area contributed by atoms with E-state index in [1.165, 1.54) is 0 Å². The molecule has 0 unspecified atom stereocenters. The smallest absolute Gasteiger partial charge is 0.333 e. The van der Waals surface area contributed by atoms with Crippen LogP contribution < -0.4 is 14.2 Å². The van der Waals surface area contributed by atoms with E-state index in [2.05, 4.69) is 0 Å². The molecule has 0 saturated carbocycles. The highest BCUT2D eigenvalue weighted by Crippen LogP contribution is 2.23. The molecular weight excluding hydrogens is 396 g/mol. The first kappa shape index (κ1) is 22.2. The number of carboxylic acid groups (broad SMARTS) is 1. The van der Waals surface area contributed by atoms with Crippen LogP contribution >= 0.6 is 0 Å². The van der Waals surface area contributed by atoms with Crippen molar-refractivity contribution < 1.29 is 28.8 Å². The molecule has 3 rings (SSSR count). The summed E-state index contributed by atoms with van der Waals surface area (Å²) in [6, 6.07) is 24.3. The fourth-order valence-electron chi connectivity index (χ4n) is 2.90. The van der Waals surface area contributed by atoms with Crippen LogP contribution in [0.1, 0.15) is 12.5 Å². The molecule has 0 heterocycles. The van der Waals surface area contributed by atoms with E-state index in [0.717, 1.165) is 22.8 Å². The lowest BCUT2D eigenvalue weighted by atomic mass is 10.1. The van der Waals surface area contributed by atoms with E-state index in [-0.39, 0.29) is 0 Å². The number of rotatable bonds is 12. The summed E-state index contributed by atoms with van der Waals surface area (Å²) in [6.45, 7) is 2.92. The minimum absolute atomic E-state index is 0.316. The number of carboxylic acids is 1. The van der Waals surface area contributed by atoms with Gasteiger partial charge in [0.2, 0.25) is 0 Å². The molecule has 0 aliphatic carbocycles. The first-order chi connectivity index (χ1) is 15.1. The molecule has 31 heavy (non-hydrogen) atoms. The molecule has 0 saturated heterocycles. The summed E-state index contributed by atoms with van der Waals surface area (Å²) in [4.78, 5) is 11.2. The molecule has 162 valence electrons. The van der Waals surface area contributed by atoms with Crippen molar-refractivity contribution in [2.45, 2.75) is 19.4 Å². The van der Waals surface area contributed by atoms with Crippen LogP contribution in [0.25, 0.3) is 0 Å². The molecule has 6 nitrogen and oxygen atoms in total. The van der Waals surface area contributed by atoms with E-state index >= 15 is 0 Å². The fourth-order valence-corrected chi connectivity index (χ4v) is 2.90. The second-order valence-corrected chi connectivity index (χ2v) is 6.71. The van der Waals surface area contributed by atoms with Gasteiger partial charge in [0.1, 0.15) is 36.2 Å². The van der Waals surface area contributed by atoms with Crippen LogP contribution in [0.5, 0.6) is 23.0 Å². The Balaban J connectivity index is 1.40. The lowest BCUT2D eigenvalue weighted by Gasteiger charge is -2.13. The summed E-state index contributed by atoms with van der Waals surface area (Å²) in [7, 11) is 0. The van der Waals surface area contributed by atoms with Gasteiger partial charge in [-0.25, -0.2) is 4.79 Å². The Morgan fingerprint density at radius 3 is 1.84 bits per heavy atom. The minimum Gasteiger partial charge on any atom is -0.490 e. The van der Waals surface area contributed by atoms with Gasteiger partial charge in [0.15, 0.2) is 6.10 Å². The quantitative estimate of drug-likeness (QED) is 0.416. The van der Waals surface area contributed by atoms with E-state index in [1.807, 2.05) is 78.9 Å². The van der Waals surface area contributed by atoms with Crippen molar-refractivity contribution in [3.8, 4) is 23.0 Å². The van der Waals surface area contributed by atoms with Crippen molar-refractivity contribution in [3.05, 3.63) is 84.4 Å². The Kier molecular flexibility index (Phi) is 8.31. The molecule has 0 fully saturated rings. The van der Waals surface area contributed by atoms with Crippen LogP contribution in [0.4, 0.5) is 0 Å². The van der Waals surface area contributed by atoms with Crippen LogP contribution in [0, 0.1) is 0 Å². The normalized spacial score (nSPS) is 11.5. The largest absolute Gasteiger partial charge is 0.490 e. The number of hydrogen-bond donors (Lipinski definition) is 1. The summed E-state index contributed by atoms with van der Waals surface area (Å²) >= 11 is 0. The topological polar surface area (TPSA) is 74.2 Å². The second kappa shape index (κ2) is 11.6. The van der Waals surface area contributed by atoms with Gasteiger partial charge in [0, 0.05) is 13.0 Å². The molecule has 0 bridgehead atoms. The average Bonchev–Trinajstić information content (AvgIpc) is 2.79. The Morgan fingerprint density at radius 2 is 1.29 bits per heavy atom. The molecular formula is C25H26O6. The summed E-state index contributed by atoms with van der Waals surface area (Å²) in [5, 5.41) is 9.17.